The summed E-state index contributed by atoms with van der Waals surface area (Å²) in [4.78, 5) is 48.0. The Labute approximate surface area is 252 Å². The van der Waals surface area contributed by atoms with Crippen molar-refractivity contribution in [1.29, 1.82) is 0 Å². The summed E-state index contributed by atoms with van der Waals surface area (Å²) in [6.45, 7) is 6.53. The summed E-state index contributed by atoms with van der Waals surface area (Å²) in [5, 5.41) is 20.5. The topological polar surface area (TPSA) is 184 Å². The minimum atomic E-state index is -0.796. The van der Waals surface area contributed by atoms with Gasteiger partial charge in [0.2, 0.25) is 0 Å². The summed E-state index contributed by atoms with van der Waals surface area (Å²) in [5.41, 5.74) is 5.36. The molecule has 230 valence electrons. The zero-order chi connectivity index (χ0) is 32.0. The van der Waals surface area contributed by atoms with Gasteiger partial charge in [-0.25, -0.2) is 15.0 Å². The van der Waals surface area contributed by atoms with Crippen molar-refractivity contribution in [3.8, 4) is 22.8 Å². The Morgan fingerprint density at radius 1 is 1.14 bits per heavy atom. The van der Waals surface area contributed by atoms with E-state index in [1.54, 1.807) is 64.1 Å². The van der Waals surface area contributed by atoms with Crippen LogP contribution in [0.1, 0.15) is 42.3 Å². The van der Waals surface area contributed by atoms with Gasteiger partial charge < -0.3 is 29.3 Å². The van der Waals surface area contributed by atoms with Crippen LogP contribution < -0.4 is 25.5 Å². The van der Waals surface area contributed by atoms with Crippen LogP contribution in [-0.4, -0.2) is 49.4 Å². The number of ether oxygens (including phenoxy) is 3. The lowest BCUT2D eigenvalue weighted by Gasteiger charge is -2.28. The van der Waals surface area contributed by atoms with Crippen LogP contribution in [0.25, 0.3) is 11.3 Å². The Kier molecular flexibility index (Phi) is 9.63. The number of hydrazone groups is 1. The van der Waals surface area contributed by atoms with Gasteiger partial charge in [-0.05, 0) is 69.2 Å². The Hall–Kier alpha value is -5.66. The first-order valence-corrected chi connectivity index (χ1v) is 13.5. The summed E-state index contributed by atoms with van der Waals surface area (Å²) in [6, 6.07) is 10.0. The fraction of sp³-hybridized carbons (Fsp3) is 0.267. The molecular weight excluding hydrogens is 574 g/mol. The largest absolute Gasteiger partial charge is 0.493 e. The highest BCUT2D eigenvalue weighted by molar-refractivity contribution is 5.95. The first-order chi connectivity index (χ1) is 21.0. The van der Waals surface area contributed by atoms with Crippen molar-refractivity contribution >= 4 is 29.8 Å². The molecule has 3 aromatic rings. The van der Waals surface area contributed by atoms with E-state index in [4.69, 9.17) is 18.6 Å². The molecule has 44 heavy (non-hydrogen) atoms. The van der Waals surface area contributed by atoms with Crippen molar-refractivity contribution < 1.29 is 37.9 Å². The molecule has 2 aromatic carbocycles. The van der Waals surface area contributed by atoms with Crippen molar-refractivity contribution in [3.63, 3.8) is 0 Å². The van der Waals surface area contributed by atoms with Gasteiger partial charge in [0, 0.05) is 22.9 Å². The number of rotatable bonds is 11. The molecule has 1 aliphatic rings. The average molecular weight is 606 g/mol. The minimum absolute atomic E-state index is 0.00318. The standard InChI is InChI=1S/C30H31N5O9/c1-6-42-29(37)27-18(4)32-30(38)33-28(27)19-7-9-24(25(13-19)41-5)43-15-26(36)34-31-14-21-8-10-23(44-21)20-11-16(2)17(3)22(12-20)35(39)40/h7-14,28H,6,15H2,1-5H3,(H,34,36)(H2,32,33,38)/b31-14-/t28-/m1/s1. The zero-order valence-electron chi connectivity index (χ0n) is 24.7. The molecular formula is C30H31N5O9. The number of hydrogen-bond donors (Lipinski definition) is 3. The Morgan fingerprint density at radius 2 is 1.91 bits per heavy atom. The highest BCUT2D eigenvalue weighted by atomic mass is 16.6. The van der Waals surface area contributed by atoms with Crippen LogP contribution in [0, 0.1) is 24.0 Å². The molecule has 14 heteroatoms. The van der Waals surface area contributed by atoms with E-state index in [0.29, 0.717) is 33.9 Å². The second kappa shape index (κ2) is 13.5. The van der Waals surface area contributed by atoms with Crippen molar-refractivity contribution in [2.45, 2.75) is 33.7 Å². The second-order valence-electron chi connectivity index (χ2n) is 9.68. The third kappa shape index (κ3) is 7.03. The average Bonchev–Trinajstić information content (AvgIpc) is 3.45. The van der Waals surface area contributed by atoms with Gasteiger partial charge in [-0.15, -0.1) is 0 Å². The Morgan fingerprint density at radius 3 is 2.61 bits per heavy atom. The Bertz CT molecular complexity index is 1670. The number of benzene rings is 2. The van der Waals surface area contributed by atoms with E-state index >= 15 is 0 Å². The molecule has 0 saturated heterocycles. The third-order valence-corrected chi connectivity index (χ3v) is 6.77. The predicted molar refractivity (Wildman–Crippen MR) is 158 cm³/mol. The maximum Gasteiger partial charge on any atom is 0.338 e. The molecule has 14 nitrogen and oxygen atoms in total. The monoisotopic (exact) mass is 605 g/mol. The smallest absolute Gasteiger partial charge is 0.338 e. The highest BCUT2D eigenvalue weighted by Gasteiger charge is 2.32. The molecule has 1 aromatic heterocycles. The van der Waals surface area contributed by atoms with Crippen LogP contribution in [0.15, 0.2) is 63.3 Å². The number of furan rings is 1. The molecule has 1 aliphatic heterocycles. The maximum atomic E-state index is 12.6. The van der Waals surface area contributed by atoms with Gasteiger partial charge in [0.25, 0.3) is 11.6 Å². The number of esters is 1. The molecule has 0 unspecified atom stereocenters. The molecule has 1 atom stereocenters. The SMILES string of the molecule is CCOC(=O)C1=C(C)NC(=O)N[C@@H]1c1ccc(OCC(=O)N/N=C\c2ccc(-c3cc(C)c(C)c([N+](=O)[O-])c3)o2)c(OC)c1. The number of aryl methyl sites for hydroxylation is 1. The van der Waals surface area contributed by atoms with E-state index in [9.17, 15) is 24.5 Å². The van der Waals surface area contributed by atoms with Crippen molar-refractivity contribution in [2.75, 3.05) is 20.3 Å². The predicted octanol–water partition coefficient (Wildman–Crippen LogP) is 4.20. The number of nitrogens with zero attached hydrogens (tertiary/aromatic N) is 2. The van der Waals surface area contributed by atoms with Crippen LogP contribution in [0.3, 0.4) is 0 Å². The lowest BCUT2D eigenvalue weighted by molar-refractivity contribution is -0.385. The number of urea groups is 1. The van der Waals surface area contributed by atoms with Crippen molar-refractivity contribution in [2.24, 2.45) is 5.10 Å². The molecule has 2 heterocycles. The van der Waals surface area contributed by atoms with Crippen LogP contribution in [0.4, 0.5) is 10.5 Å². The number of hydrogen-bond acceptors (Lipinski definition) is 10. The molecule has 4 rings (SSSR count). The van der Waals surface area contributed by atoms with E-state index in [-0.39, 0.29) is 29.4 Å². The second-order valence-corrected chi connectivity index (χ2v) is 9.68. The van der Waals surface area contributed by atoms with E-state index in [0.717, 1.165) is 5.56 Å². The molecule has 0 fully saturated rings. The Balaban J connectivity index is 1.39. The van der Waals surface area contributed by atoms with Crippen molar-refractivity contribution in [1.82, 2.24) is 16.1 Å². The summed E-state index contributed by atoms with van der Waals surface area (Å²) in [7, 11) is 1.42. The van der Waals surface area contributed by atoms with Crippen LogP contribution in [0.2, 0.25) is 0 Å². The number of nitro groups is 1. The maximum absolute atomic E-state index is 12.6. The van der Waals surface area contributed by atoms with Gasteiger partial charge in [0.15, 0.2) is 18.1 Å². The summed E-state index contributed by atoms with van der Waals surface area (Å²) in [5.74, 6) is 0.0915. The summed E-state index contributed by atoms with van der Waals surface area (Å²) < 4.78 is 21.9. The van der Waals surface area contributed by atoms with E-state index in [1.165, 1.54) is 19.4 Å². The lowest BCUT2D eigenvalue weighted by Crippen LogP contribution is -2.45. The molecule has 3 amide bonds. The number of carbonyl (C=O) groups excluding carboxylic acids is 3. The molecule has 0 bridgehead atoms. The molecule has 0 saturated carbocycles. The quantitative estimate of drug-likeness (QED) is 0.125. The van der Waals surface area contributed by atoms with Gasteiger partial charge in [-0.2, -0.15) is 5.10 Å². The first-order valence-electron chi connectivity index (χ1n) is 13.5. The van der Waals surface area contributed by atoms with Gasteiger partial charge in [-0.1, -0.05) is 6.07 Å². The number of nitrogens with one attached hydrogen (secondary N) is 3. The van der Waals surface area contributed by atoms with Gasteiger partial charge in [-0.3, -0.25) is 14.9 Å². The van der Waals surface area contributed by atoms with Gasteiger partial charge in [0.1, 0.15) is 11.5 Å². The van der Waals surface area contributed by atoms with E-state index in [2.05, 4.69) is 21.2 Å². The highest BCUT2D eigenvalue weighted by Crippen LogP contribution is 2.35. The number of carbonyl (C=O) groups is 3. The summed E-state index contributed by atoms with van der Waals surface area (Å²) in [6.07, 6.45) is 1.29. The molecule has 3 N–H and O–H groups in total. The minimum Gasteiger partial charge on any atom is -0.493 e. The molecule has 0 aliphatic carbocycles. The summed E-state index contributed by atoms with van der Waals surface area (Å²) >= 11 is 0. The van der Waals surface area contributed by atoms with Crippen LogP contribution in [0.5, 0.6) is 11.5 Å². The fourth-order valence-electron chi connectivity index (χ4n) is 4.50. The normalized spacial score (nSPS) is 14.6. The zero-order valence-corrected chi connectivity index (χ0v) is 24.7. The van der Waals surface area contributed by atoms with Gasteiger partial charge >= 0.3 is 12.0 Å². The van der Waals surface area contributed by atoms with Crippen LogP contribution in [-0.2, 0) is 14.3 Å². The fourth-order valence-corrected chi connectivity index (χ4v) is 4.50. The number of allylic oxidation sites excluding steroid dienone is 1. The van der Waals surface area contributed by atoms with Crippen molar-refractivity contribution in [3.05, 3.63) is 86.3 Å². The molecule has 0 spiro atoms. The lowest BCUT2D eigenvalue weighted by atomic mass is 9.95. The number of amides is 3. The van der Waals surface area contributed by atoms with E-state index < -0.39 is 35.5 Å². The first kappa shape index (κ1) is 31.3. The van der Waals surface area contributed by atoms with Crippen LogP contribution >= 0.6 is 0 Å². The number of nitro benzene ring substituents is 1. The number of methoxy groups -OCH3 is 1. The van der Waals surface area contributed by atoms with Gasteiger partial charge in [0.05, 0.1) is 36.5 Å². The van der Waals surface area contributed by atoms with E-state index in [1.807, 2.05) is 0 Å². The third-order valence-electron chi connectivity index (χ3n) is 6.77. The molecule has 0 radical (unpaired) electrons.